The van der Waals surface area contributed by atoms with Crippen molar-refractivity contribution in [2.75, 3.05) is 0 Å². The second kappa shape index (κ2) is 4.95. The Morgan fingerprint density at radius 2 is 1.68 bits per heavy atom. The number of hydrogen-bond donors (Lipinski definition) is 0. The standard InChI is InChI=1S/C21H22N/c1-14-7-8-19-18(11-14)9-10-22(3)21(19)20-13-17-6-4-5-16(17)12-15(20)2/h7-13H,4-6H2,1-3H3/q+1. The molecule has 1 aliphatic carbocycles. The van der Waals surface area contributed by atoms with Crippen molar-refractivity contribution in [1.29, 1.82) is 0 Å². The van der Waals surface area contributed by atoms with Crippen LogP contribution in [-0.2, 0) is 19.9 Å². The molecule has 0 saturated carbocycles. The molecule has 0 radical (unpaired) electrons. The van der Waals surface area contributed by atoms with Crippen LogP contribution in [0.5, 0.6) is 0 Å². The molecule has 110 valence electrons. The lowest BCUT2D eigenvalue weighted by Crippen LogP contribution is -2.30. The molecule has 0 unspecified atom stereocenters. The van der Waals surface area contributed by atoms with Crippen LogP contribution in [0.3, 0.4) is 0 Å². The Hall–Kier alpha value is -2.15. The maximum Gasteiger partial charge on any atom is 0.220 e. The quantitative estimate of drug-likeness (QED) is 0.583. The van der Waals surface area contributed by atoms with Gasteiger partial charge in [-0.2, -0.15) is 0 Å². The van der Waals surface area contributed by atoms with Gasteiger partial charge in [0.1, 0.15) is 7.05 Å². The van der Waals surface area contributed by atoms with E-state index in [2.05, 4.69) is 68.1 Å². The van der Waals surface area contributed by atoms with E-state index in [9.17, 15) is 0 Å². The van der Waals surface area contributed by atoms with Crippen molar-refractivity contribution in [3.63, 3.8) is 0 Å². The average Bonchev–Trinajstić information content (AvgIpc) is 2.94. The predicted molar refractivity (Wildman–Crippen MR) is 92.1 cm³/mol. The van der Waals surface area contributed by atoms with Crippen LogP contribution in [0.2, 0.25) is 0 Å². The number of rotatable bonds is 1. The molecule has 0 amide bonds. The minimum absolute atomic E-state index is 1.23. The van der Waals surface area contributed by atoms with Gasteiger partial charge in [-0.1, -0.05) is 23.8 Å². The van der Waals surface area contributed by atoms with E-state index in [1.54, 1.807) is 11.1 Å². The second-order valence-corrected chi connectivity index (χ2v) is 6.66. The van der Waals surface area contributed by atoms with E-state index in [0.717, 1.165) is 0 Å². The lowest BCUT2D eigenvalue weighted by atomic mass is 9.95. The van der Waals surface area contributed by atoms with Gasteiger partial charge in [0.05, 0.1) is 5.39 Å². The summed E-state index contributed by atoms with van der Waals surface area (Å²) >= 11 is 0. The predicted octanol–water partition coefficient (Wildman–Crippen LogP) is 4.44. The van der Waals surface area contributed by atoms with E-state index in [4.69, 9.17) is 0 Å². The number of aryl methyl sites for hydroxylation is 5. The number of nitrogens with zero attached hydrogens (tertiary/aromatic N) is 1. The first-order chi connectivity index (χ1) is 10.6. The van der Waals surface area contributed by atoms with Crippen LogP contribution in [0.1, 0.15) is 28.7 Å². The van der Waals surface area contributed by atoms with E-state index in [0.29, 0.717) is 0 Å². The molecule has 22 heavy (non-hydrogen) atoms. The van der Waals surface area contributed by atoms with Gasteiger partial charge in [0, 0.05) is 11.6 Å². The summed E-state index contributed by atoms with van der Waals surface area (Å²) in [5.74, 6) is 0. The molecule has 0 fully saturated rings. The zero-order valence-electron chi connectivity index (χ0n) is 13.6. The highest BCUT2D eigenvalue weighted by atomic mass is 14.9. The Bertz CT molecular complexity index is 890. The topological polar surface area (TPSA) is 3.88 Å². The minimum atomic E-state index is 1.23. The van der Waals surface area contributed by atoms with Gasteiger partial charge in [-0.15, -0.1) is 0 Å². The van der Waals surface area contributed by atoms with Crippen molar-refractivity contribution in [1.82, 2.24) is 0 Å². The Morgan fingerprint density at radius 1 is 0.909 bits per heavy atom. The molecule has 4 rings (SSSR count). The summed E-state index contributed by atoms with van der Waals surface area (Å²) in [7, 11) is 2.15. The van der Waals surface area contributed by atoms with Gasteiger partial charge in [-0.05, 0) is 67.3 Å². The highest BCUT2D eigenvalue weighted by Crippen LogP contribution is 2.33. The summed E-state index contributed by atoms with van der Waals surface area (Å²) in [6.45, 7) is 4.41. The maximum atomic E-state index is 2.44. The number of fused-ring (bicyclic) bond motifs is 2. The lowest BCUT2D eigenvalue weighted by molar-refractivity contribution is -0.659. The summed E-state index contributed by atoms with van der Waals surface area (Å²) < 4.78 is 2.27. The first-order valence-electron chi connectivity index (χ1n) is 8.15. The third-order valence-corrected chi connectivity index (χ3v) is 4.99. The van der Waals surface area contributed by atoms with Gasteiger partial charge >= 0.3 is 0 Å². The Labute approximate surface area is 132 Å². The monoisotopic (exact) mass is 288 g/mol. The van der Waals surface area contributed by atoms with E-state index >= 15 is 0 Å². The third-order valence-electron chi connectivity index (χ3n) is 4.99. The molecule has 1 heteroatoms. The third kappa shape index (κ3) is 2.04. The van der Waals surface area contributed by atoms with Crippen LogP contribution < -0.4 is 4.57 Å². The van der Waals surface area contributed by atoms with Crippen LogP contribution >= 0.6 is 0 Å². The fraction of sp³-hybridized carbons (Fsp3) is 0.286. The highest BCUT2D eigenvalue weighted by Gasteiger charge is 2.20. The molecule has 1 aromatic heterocycles. The molecule has 0 saturated heterocycles. The molecule has 1 nitrogen and oxygen atoms in total. The van der Waals surface area contributed by atoms with Crippen molar-refractivity contribution in [3.05, 3.63) is 64.8 Å². The van der Waals surface area contributed by atoms with Crippen LogP contribution in [0.4, 0.5) is 0 Å². The van der Waals surface area contributed by atoms with Gasteiger partial charge in [0.2, 0.25) is 5.69 Å². The van der Waals surface area contributed by atoms with E-state index in [-0.39, 0.29) is 0 Å². The Balaban J connectivity index is 2.04. The number of pyridine rings is 1. The Morgan fingerprint density at radius 3 is 2.50 bits per heavy atom. The van der Waals surface area contributed by atoms with E-state index < -0.39 is 0 Å². The highest BCUT2D eigenvalue weighted by molar-refractivity contribution is 5.94. The molecule has 1 aliphatic rings. The molecular weight excluding hydrogens is 266 g/mol. The second-order valence-electron chi connectivity index (χ2n) is 6.66. The maximum absolute atomic E-state index is 2.44. The molecule has 0 atom stereocenters. The SMILES string of the molecule is Cc1ccc2c(-c3cc4c(cc3C)CCC4)[n+](C)ccc2c1. The number of hydrogen-bond acceptors (Lipinski definition) is 0. The van der Waals surface area contributed by atoms with Crippen molar-refractivity contribution in [2.45, 2.75) is 33.1 Å². The molecule has 3 aromatic rings. The van der Waals surface area contributed by atoms with Crippen LogP contribution in [0.25, 0.3) is 22.0 Å². The van der Waals surface area contributed by atoms with E-state index in [1.807, 2.05) is 0 Å². The zero-order valence-corrected chi connectivity index (χ0v) is 13.6. The van der Waals surface area contributed by atoms with Gasteiger partial charge in [0.15, 0.2) is 6.20 Å². The lowest BCUT2D eigenvalue weighted by Gasteiger charge is -2.11. The fourth-order valence-corrected chi connectivity index (χ4v) is 3.83. The largest absolute Gasteiger partial charge is 0.220 e. The van der Waals surface area contributed by atoms with Crippen molar-refractivity contribution >= 4 is 10.8 Å². The summed E-state index contributed by atoms with van der Waals surface area (Å²) in [6, 6.07) is 13.8. The smallest absolute Gasteiger partial charge is 0.200 e. The van der Waals surface area contributed by atoms with Crippen LogP contribution in [-0.4, -0.2) is 0 Å². The summed E-state index contributed by atoms with van der Waals surface area (Å²) in [6.07, 6.45) is 5.97. The zero-order chi connectivity index (χ0) is 15.3. The molecule has 2 aromatic carbocycles. The van der Waals surface area contributed by atoms with E-state index in [1.165, 1.54) is 52.4 Å². The molecule has 0 spiro atoms. The van der Waals surface area contributed by atoms with Crippen molar-refractivity contribution in [3.8, 4) is 11.3 Å². The van der Waals surface area contributed by atoms with Crippen molar-refractivity contribution < 1.29 is 4.57 Å². The summed E-state index contributed by atoms with van der Waals surface area (Å²) in [4.78, 5) is 0. The summed E-state index contributed by atoms with van der Waals surface area (Å²) in [5.41, 5.74) is 8.54. The van der Waals surface area contributed by atoms with Crippen LogP contribution in [0.15, 0.2) is 42.6 Å². The molecule has 0 aliphatic heterocycles. The molecule has 0 bridgehead atoms. The van der Waals surface area contributed by atoms with Gasteiger partial charge in [0.25, 0.3) is 0 Å². The van der Waals surface area contributed by atoms with Gasteiger partial charge < -0.3 is 0 Å². The number of benzene rings is 2. The molecule has 0 N–H and O–H groups in total. The first-order valence-corrected chi connectivity index (χ1v) is 8.15. The van der Waals surface area contributed by atoms with Crippen molar-refractivity contribution in [2.24, 2.45) is 7.05 Å². The van der Waals surface area contributed by atoms with Crippen LogP contribution in [0, 0.1) is 13.8 Å². The fourth-order valence-electron chi connectivity index (χ4n) is 3.83. The van der Waals surface area contributed by atoms with Gasteiger partial charge in [-0.3, -0.25) is 0 Å². The molecule has 1 heterocycles. The minimum Gasteiger partial charge on any atom is -0.200 e. The average molecular weight is 288 g/mol. The molecular formula is C21H22N+. The first kappa shape index (κ1) is 13.5. The summed E-state index contributed by atoms with van der Waals surface area (Å²) in [5, 5.41) is 2.67. The number of aromatic nitrogens is 1. The Kier molecular flexibility index (Phi) is 3.04. The normalized spacial score (nSPS) is 13.6. The van der Waals surface area contributed by atoms with Gasteiger partial charge in [-0.25, -0.2) is 4.57 Å².